The van der Waals surface area contributed by atoms with E-state index in [0.717, 1.165) is 56.6 Å². The number of carbonyl (C=O) groups excluding carboxylic acids is 5. The molecule has 0 aliphatic rings. The van der Waals surface area contributed by atoms with Gasteiger partial charge in [-0.25, -0.2) is 24.0 Å². The maximum Gasteiger partial charge on any atom is 0.343 e. The molecule has 0 amide bonds. The maximum atomic E-state index is 11.9. The van der Waals surface area contributed by atoms with E-state index in [1.54, 1.807) is 182 Å². The Bertz CT molecular complexity index is 3270. The summed E-state index contributed by atoms with van der Waals surface area (Å²) in [6, 6.07) is 72.3. The van der Waals surface area contributed by atoms with Crippen LogP contribution in [0, 0.1) is 0 Å². The smallest absolute Gasteiger partial charge is 0.343 e. The molecule has 0 aliphatic carbocycles. The third-order valence-electron chi connectivity index (χ3n) is 13.2. The van der Waals surface area contributed by atoms with E-state index in [2.05, 4.69) is 97.8 Å². The van der Waals surface area contributed by atoms with E-state index in [4.69, 9.17) is 23.7 Å². The Kier molecular flexibility index (Phi) is 39.4. The molecule has 500 valence electrons. The number of carbonyl (C=O) groups is 5. The zero-order valence-corrected chi connectivity index (χ0v) is 57.0. The average Bonchev–Trinajstić information content (AvgIpc) is 1.47. The third-order valence-corrected chi connectivity index (χ3v) is 14.7. The number of aryl methyl sites for hydroxylation is 5. The fourth-order valence-corrected chi connectivity index (χ4v) is 8.53. The van der Waals surface area contributed by atoms with Crippen molar-refractivity contribution in [2.24, 2.45) is 0 Å². The van der Waals surface area contributed by atoms with Gasteiger partial charge < -0.3 is 23.7 Å². The Labute approximate surface area is 578 Å². The van der Waals surface area contributed by atoms with Crippen molar-refractivity contribution in [3.63, 3.8) is 0 Å². The molecule has 10 rings (SSSR count). The van der Waals surface area contributed by atoms with Crippen LogP contribution in [0.15, 0.2) is 267 Å². The predicted molar refractivity (Wildman–Crippen MR) is 385 cm³/mol. The summed E-state index contributed by atoms with van der Waals surface area (Å²) in [6.07, 6.45) is 4.79. The topological polar surface area (TPSA) is 132 Å². The molecule has 0 fully saturated rings. The molecule has 0 unspecified atom stereocenters. The first kappa shape index (κ1) is 84.0. The van der Waals surface area contributed by atoms with Gasteiger partial charge >= 0.3 is 29.8 Å². The van der Waals surface area contributed by atoms with Gasteiger partial charge in [-0.2, -0.15) is 0 Å². The molecule has 20 heteroatoms. The second-order valence-corrected chi connectivity index (χ2v) is 22.3. The molecule has 0 spiro atoms. The lowest BCUT2D eigenvalue weighted by Crippen LogP contribution is -2.08. The molecule has 10 nitrogen and oxygen atoms in total. The van der Waals surface area contributed by atoms with Crippen LogP contribution in [0.4, 0.5) is 23.5 Å². The van der Waals surface area contributed by atoms with Gasteiger partial charge in [0.05, 0.1) is 27.8 Å². The van der Waals surface area contributed by atoms with Crippen LogP contribution in [0.25, 0.3) is 0 Å². The van der Waals surface area contributed by atoms with Gasteiger partial charge in [-0.1, -0.05) is 95.3 Å². The van der Waals surface area contributed by atoms with E-state index < -0.39 is 0 Å². The standard InChI is InChI=1S/5C15H14O2S.5FH/c5*1-2-11-3-5-12(6-4-11)15(16)17-13-7-9-14(18)10-8-13;;;;;/h5*3-10,18H,2H2,1H3;5*1H. The first-order chi connectivity index (χ1) is 43.4. The molecule has 10 aromatic rings. The summed E-state index contributed by atoms with van der Waals surface area (Å²) >= 11 is 20.9. The minimum absolute atomic E-state index is 0. The Morgan fingerprint density at radius 1 is 0.211 bits per heavy atom. The molecule has 0 saturated carbocycles. The van der Waals surface area contributed by atoms with Crippen molar-refractivity contribution in [1.29, 1.82) is 0 Å². The van der Waals surface area contributed by atoms with E-state index >= 15 is 0 Å². The quantitative estimate of drug-likeness (QED) is 0.0293. The van der Waals surface area contributed by atoms with Crippen LogP contribution >= 0.6 is 63.1 Å². The van der Waals surface area contributed by atoms with Crippen molar-refractivity contribution in [2.75, 3.05) is 0 Å². The average molecular weight is 1390 g/mol. The summed E-state index contributed by atoms with van der Waals surface area (Å²) in [5.41, 5.74) is 8.79. The third kappa shape index (κ3) is 29.4. The molecular formula is C75H75F5O10S5. The summed E-state index contributed by atoms with van der Waals surface area (Å²) in [6.45, 7) is 10.4. The molecule has 0 heterocycles. The minimum Gasteiger partial charge on any atom is -0.423 e. The van der Waals surface area contributed by atoms with Crippen molar-refractivity contribution in [3.05, 3.63) is 298 Å². The van der Waals surface area contributed by atoms with Crippen molar-refractivity contribution >= 4 is 93.0 Å². The SMILES string of the molecule is CCc1ccc(C(=O)Oc2ccc(S)cc2)cc1.CCc1ccc(C(=O)Oc2ccc(S)cc2)cc1.CCc1ccc(C(=O)Oc2ccc(S)cc2)cc1.CCc1ccc(C(=O)Oc2ccc(S)cc2)cc1.CCc1ccc(C(=O)Oc2ccc(S)cc2)cc1.F.F.F.F.F. The van der Waals surface area contributed by atoms with E-state index in [1.165, 1.54) is 27.8 Å². The van der Waals surface area contributed by atoms with Gasteiger partial charge in [-0.15, -0.1) is 63.1 Å². The molecule has 95 heavy (non-hydrogen) atoms. The first-order valence-corrected chi connectivity index (χ1v) is 31.2. The number of hydrogen-bond donors (Lipinski definition) is 5. The normalized spacial score (nSPS) is 9.58. The molecule has 0 aromatic heterocycles. The Morgan fingerprint density at radius 2 is 0.326 bits per heavy atom. The molecule has 0 saturated heterocycles. The van der Waals surface area contributed by atoms with Crippen LogP contribution in [-0.2, 0) is 32.1 Å². The first-order valence-electron chi connectivity index (χ1n) is 28.9. The second-order valence-electron chi connectivity index (χ2n) is 19.7. The van der Waals surface area contributed by atoms with Gasteiger partial charge in [-0.3, -0.25) is 23.5 Å². The lowest BCUT2D eigenvalue weighted by atomic mass is 10.1. The largest absolute Gasteiger partial charge is 0.423 e. The summed E-state index contributed by atoms with van der Waals surface area (Å²) in [7, 11) is 0. The Morgan fingerprint density at radius 3 is 0.432 bits per heavy atom. The monoisotopic (exact) mass is 1390 g/mol. The van der Waals surface area contributed by atoms with Gasteiger partial charge in [0, 0.05) is 24.5 Å². The van der Waals surface area contributed by atoms with Crippen molar-refractivity contribution in [3.8, 4) is 28.7 Å². The summed E-state index contributed by atoms with van der Waals surface area (Å²) in [4.78, 5) is 63.5. The second kappa shape index (κ2) is 44.5. The fraction of sp³-hybridized carbons (Fsp3) is 0.133. The summed E-state index contributed by atoms with van der Waals surface area (Å²) in [5.74, 6) is 0.912. The lowest BCUT2D eigenvalue weighted by Gasteiger charge is -2.05. The number of halogens is 5. The van der Waals surface area contributed by atoms with E-state index in [0.29, 0.717) is 56.6 Å². The van der Waals surface area contributed by atoms with Gasteiger partial charge in [0.25, 0.3) is 0 Å². The van der Waals surface area contributed by atoms with Crippen LogP contribution < -0.4 is 23.7 Å². The van der Waals surface area contributed by atoms with Crippen LogP contribution in [0.3, 0.4) is 0 Å². The molecule has 0 bridgehead atoms. The molecule has 0 N–H and O–H groups in total. The van der Waals surface area contributed by atoms with E-state index in [9.17, 15) is 24.0 Å². The highest BCUT2D eigenvalue weighted by molar-refractivity contribution is 7.81. The summed E-state index contributed by atoms with van der Waals surface area (Å²) in [5, 5.41) is 0. The van der Waals surface area contributed by atoms with Crippen LogP contribution in [-0.4, -0.2) is 29.8 Å². The molecular weight excluding hydrogens is 1320 g/mol. The lowest BCUT2D eigenvalue weighted by molar-refractivity contribution is 0.0725. The van der Waals surface area contributed by atoms with Crippen LogP contribution in [0.2, 0.25) is 0 Å². The van der Waals surface area contributed by atoms with Gasteiger partial charge in [0.15, 0.2) is 0 Å². The zero-order chi connectivity index (χ0) is 64.8. The fourth-order valence-electron chi connectivity index (χ4n) is 7.78. The minimum atomic E-state index is -0.343. The number of esters is 5. The Balaban J connectivity index is 0.000000586. The molecule has 0 atom stereocenters. The van der Waals surface area contributed by atoms with Crippen LogP contribution in [0.1, 0.15) is 114 Å². The molecule has 0 aliphatic heterocycles. The summed E-state index contributed by atoms with van der Waals surface area (Å²) < 4.78 is 26.3. The van der Waals surface area contributed by atoms with Crippen molar-refractivity contribution < 1.29 is 71.2 Å². The van der Waals surface area contributed by atoms with Crippen molar-refractivity contribution in [2.45, 2.75) is 91.2 Å². The van der Waals surface area contributed by atoms with E-state index in [1.807, 2.05) is 60.7 Å². The zero-order valence-electron chi connectivity index (χ0n) is 52.5. The van der Waals surface area contributed by atoms with Gasteiger partial charge in [0.1, 0.15) is 28.7 Å². The number of benzene rings is 10. The van der Waals surface area contributed by atoms with Gasteiger partial charge in [-0.05, 0) is 242 Å². The van der Waals surface area contributed by atoms with Crippen LogP contribution in [0.5, 0.6) is 28.7 Å². The maximum absolute atomic E-state index is 11.9. The predicted octanol–water partition coefficient (Wildman–Crippen LogP) is 19.5. The number of rotatable bonds is 15. The van der Waals surface area contributed by atoms with Crippen molar-refractivity contribution in [1.82, 2.24) is 0 Å². The highest BCUT2D eigenvalue weighted by Crippen LogP contribution is 2.22. The highest BCUT2D eigenvalue weighted by Gasteiger charge is 2.13. The molecule has 10 aromatic carbocycles. The number of ether oxygens (including phenoxy) is 5. The highest BCUT2D eigenvalue weighted by atomic mass is 32.1. The Hall–Kier alpha value is -9.05. The molecule has 0 radical (unpaired) electrons. The number of thiol groups is 5. The number of hydrogen-bond acceptors (Lipinski definition) is 15. The van der Waals surface area contributed by atoms with Gasteiger partial charge in [0.2, 0.25) is 0 Å². The van der Waals surface area contributed by atoms with E-state index in [-0.39, 0.29) is 53.4 Å².